The fraction of sp³-hybridized carbons (Fsp3) is 0.600. The summed E-state index contributed by atoms with van der Waals surface area (Å²) in [5, 5.41) is 18.1. The molecule has 3 nitrogen and oxygen atoms in total. The highest BCUT2D eigenvalue weighted by molar-refractivity contribution is 6.58. The van der Waals surface area contributed by atoms with E-state index in [2.05, 4.69) is 6.92 Å². The van der Waals surface area contributed by atoms with Gasteiger partial charge in [0, 0.05) is 0 Å². The second-order valence-electron chi connectivity index (χ2n) is 5.42. The standard InChI is InChI=1S/C15H23BO3/c1-2-13-5-3-4-6-15(13)19-11-12-7-9-14(10-8-12)16(17)18/h7-10,13,15,17-18H,2-6,11H2,1H3. The van der Waals surface area contributed by atoms with E-state index in [-0.39, 0.29) is 0 Å². The highest BCUT2D eigenvalue weighted by Crippen LogP contribution is 2.29. The fourth-order valence-electron chi connectivity index (χ4n) is 2.85. The van der Waals surface area contributed by atoms with Gasteiger partial charge in [-0.05, 0) is 29.8 Å². The minimum atomic E-state index is -1.39. The molecular formula is C15H23BO3. The molecule has 2 unspecified atom stereocenters. The third-order valence-electron chi connectivity index (χ3n) is 4.11. The molecule has 104 valence electrons. The molecule has 1 aromatic carbocycles. The van der Waals surface area contributed by atoms with Gasteiger partial charge in [0.25, 0.3) is 0 Å². The second-order valence-corrected chi connectivity index (χ2v) is 5.42. The SMILES string of the molecule is CCC1CCCCC1OCc1ccc(B(O)O)cc1. The fourth-order valence-corrected chi connectivity index (χ4v) is 2.85. The Morgan fingerprint density at radius 2 is 1.84 bits per heavy atom. The van der Waals surface area contributed by atoms with Gasteiger partial charge in [0.1, 0.15) is 0 Å². The van der Waals surface area contributed by atoms with E-state index in [4.69, 9.17) is 14.8 Å². The normalized spacial score (nSPS) is 23.3. The molecule has 4 heteroatoms. The van der Waals surface area contributed by atoms with Gasteiger partial charge >= 0.3 is 7.12 Å². The first-order chi connectivity index (χ1) is 9.20. The predicted octanol–water partition coefficient (Wildman–Crippen LogP) is 1.85. The summed E-state index contributed by atoms with van der Waals surface area (Å²) >= 11 is 0. The topological polar surface area (TPSA) is 49.7 Å². The molecule has 1 fully saturated rings. The Morgan fingerprint density at radius 1 is 1.16 bits per heavy atom. The molecule has 2 atom stereocenters. The number of rotatable bonds is 5. The van der Waals surface area contributed by atoms with Gasteiger partial charge in [-0.3, -0.25) is 0 Å². The first kappa shape index (κ1) is 14.6. The summed E-state index contributed by atoms with van der Waals surface area (Å²) in [7, 11) is -1.39. The lowest BCUT2D eigenvalue weighted by Gasteiger charge is -2.30. The molecule has 0 saturated heterocycles. The Labute approximate surface area is 115 Å². The monoisotopic (exact) mass is 262 g/mol. The van der Waals surface area contributed by atoms with E-state index >= 15 is 0 Å². The van der Waals surface area contributed by atoms with E-state index in [1.807, 2.05) is 12.1 Å². The van der Waals surface area contributed by atoms with Gasteiger partial charge in [0.05, 0.1) is 12.7 Å². The predicted molar refractivity (Wildman–Crippen MR) is 77.1 cm³/mol. The Kier molecular flexibility index (Phi) is 5.43. The maximum atomic E-state index is 9.04. The van der Waals surface area contributed by atoms with Crippen LogP contribution in [0.4, 0.5) is 0 Å². The van der Waals surface area contributed by atoms with Crippen LogP contribution in [-0.2, 0) is 11.3 Å². The average Bonchev–Trinajstić information content (AvgIpc) is 2.45. The van der Waals surface area contributed by atoms with Crippen LogP contribution in [0.1, 0.15) is 44.6 Å². The number of hydrogen-bond donors (Lipinski definition) is 2. The van der Waals surface area contributed by atoms with Gasteiger partial charge in [0.15, 0.2) is 0 Å². The van der Waals surface area contributed by atoms with Gasteiger partial charge in [-0.15, -0.1) is 0 Å². The minimum Gasteiger partial charge on any atom is -0.423 e. The van der Waals surface area contributed by atoms with Crippen molar-refractivity contribution in [2.75, 3.05) is 0 Å². The van der Waals surface area contributed by atoms with Crippen molar-refractivity contribution in [3.05, 3.63) is 29.8 Å². The molecule has 19 heavy (non-hydrogen) atoms. The van der Waals surface area contributed by atoms with Crippen molar-refractivity contribution in [3.8, 4) is 0 Å². The summed E-state index contributed by atoms with van der Waals surface area (Å²) < 4.78 is 6.05. The van der Waals surface area contributed by atoms with E-state index in [9.17, 15) is 0 Å². The van der Waals surface area contributed by atoms with E-state index in [0.29, 0.717) is 24.1 Å². The molecule has 1 saturated carbocycles. The number of ether oxygens (including phenoxy) is 1. The zero-order valence-electron chi connectivity index (χ0n) is 11.6. The number of hydrogen-bond acceptors (Lipinski definition) is 3. The van der Waals surface area contributed by atoms with Crippen molar-refractivity contribution in [2.24, 2.45) is 5.92 Å². The third kappa shape index (κ3) is 4.06. The van der Waals surface area contributed by atoms with Crippen molar-refractivity contribution in [1.82, 2.24) is 0 Å². The molecule has 1 aliphatic carbocycles. The zero-order valence-corrected chi connectivity index (χ0v) is 11.6. The molecule has 0 amide bonds. The maximum absolute atomic E-state index is 9.04. The summed E-state index contributed by atoms with van der Waals surface area (Å²) in [6.07, 6.45) is 6.66. The van der Waals surface area contributed by atoms with Gasteiger partial charge in [-0.1, -0.05) is 50.5 Å². The molecule has 0 radical (unpaired) electrons. The van der Waals surface area contributed by atoms with Crippen molar-refractivity contribution in [1.29, 1.82) is 0 Å². The molecule has 0 aromatic heterocycles. The van der Waals surface area contributed by atoms with Gasteiger partial charge < -0.3 is 14.8 Å². The van der Waals surface area contributed by atoms with Gasteiger partial charge in [-0.2, -0.15) is 0 Å². The summed E-state index contributed by atoms with van der Waals surface area (Å²) in [5.74, 6) is 0.701. The van der Waals surface area contributed by atoms with Gasteiger partial charge in [-0.25, -0.2) is 0 Å². The molecule has 0 aliphatic heterocycles. The van der Waals surface area contributed by atoms with E-state index in [1.165, 1.54) is 32.1 Å². The van der Waals surface area contributed by atoms with Crippen LogP contribution in [0.5, 0.6) is 0 Å². The smallest absolute Gasteiger partial charge is 0.423 e. The quantitative estimate of drug-likeness (QED) is 0.796. The lowest BCUT2D eigenvalue weighted by atomic mass is 9.80. The Bertz CT molecular complexity index is 377. The van der Waals surface area contributed by atoms with Crippen molar-refractivity contribution in [2.45, 2.75) is 51.7 Å². The Hall–Kier alpha value is -0.835. The molecule has 2 rings (SSSR count). The summed E-state index contributed by atoms with van der Waals surface area (Å²) in [5.41, 5.74) is 1.61. The van der Waals surface area contributed by atoms with Crippen LogP contribution < -0.4 is 5.46 Å². The van der Waals surface area contributed by atoms with Crippen LogP contribution in [0.15, 0.2) is 24.3 Å². The molecular weight excluding hydrogens is 239 g/mol. The molecule has 1 aliphatic rings. The third-order valence-corrected chi connectivity index (χ3v) is 4.11. The van der Waals surface area contributed by atoms with Crippen LogP contribution in [0.25, 0.3) is 0 Å². The molecule has 2 N–H and O–H groups in total. The lowest BCUT2D eigenvalue weighted by Crippen LogP contribution is -2.29. The molecule has 0 heterocycles. The van der Waals surface area contributed by atoms with Crippen LogP contribution in [-0.4, -0.2) is 23.3 Å². The van der Waals surface area contributed by atoms with Crippen molar-refractivity contribution in [3.63, 3.8) is 0 Å². The number of benzene rings is 1. The van der Waals surface area contributed by atoms with E-state index in [1.54, 1.807) is 12.1 Å². The molecule has 1 aromatic rings. The molecule has 0 bridgehead atoms. The summed E-state index contributed by atoms with van der Waals surface area (Å²) in [6, 6.07) is 7.28. The lowest BCUT2D eigenvalue weighted by molar-refractivity contribution is -0.0221. The minimum absolute atomic E-state index is 0.391. The summed E-state index contributed by atoms with van der Waals surface area (Å²) in [6.45, 7) is 2.85. The zero-order chi connectivity index (χ0) is 13.7. The van der Waals surface area contributed by atoms with Crippen LogP contribution in [0.2, 0.25) is 0 Å². The first-order valence-corrected chi connectivity index (χ1v) is 7.27. The Morgan fingerprint density at radius 3 is 2.47 bits per heavy atom. The van der Waals surface area contributed by atoms with E-state index < -0.39 is 7.12 Å². The largest absolute Gasteiger partial charge is 0.488 e. The van der Waals surface area contributed by atoms with E-state index in [0.717, 1.165) is 5.56 Å². The van der Waals surface area contributed by atoms with Crippen molar-refractivity contribution >= 4 is 12.6 Å². The first-order valence-electron chi connectivity index (χ1n) is 7.27. The van der Waals surface area contributed by atoms with Crippen LogP contribution in [0.3, 0.4) is 0 Å². The van der Waals surface area contributed by atoms with Crippen molar-refractivity contribution < 1.29 is 14.8 Å². The molecule has 0 spiro atoms. The van der Waals surface area contributed by atoms with Gasteiger partial charge in [0.2, 0.25) is 0 Å². The Balaban J connectivity index is 1.87. The highest BCUT2D eigenvalue weighted by Gasteiger charge is 2.24. The average molecular weight is 262 g/mol. The van der Waals surface area contributed by atoms with Crippen LogP contribution >= 0.6 is 0 Å². The van der Waals surface area contributed by atoms with Crippen LogP contribution in [0, 0.1) is 5.92 Å². The second kappa shape index (κ2) is 7.08. The highest BCUT2D eigenvalue weighted by atomic mass is 16.5. The summed E-state index contributed by atoms with van der Waals surface area (Å²) in [4.78, 5) is 0. The maximum Gasteiger partial charge on any atom is 0.488 e.